The van der Waals surface area contributed by atoms with Gasteiger partial charge in [-0.3, -0.25) is 0 Å². The van der Waals surface area contributed by atoms with Crippen LogP contribution in [0.25, 0.3) is 0 Å². The second-order valence-electron chi connectivity index (χ2n) is 5.41. The molecule has 0 aliphatic rings. The molecule has 0 bridgehead atoms. The number of unbranched alkanes of at least 4 members (excludes halogenated alkanes) is 2. The van der Waals surface area contributed by atoms with Crippen molar-refractivity contribution in [3.05, 3.63) is 29.6 Å². The molecule has 1 rings (SSSR count). The van der Waals surface area contributed by atoms with E-state index < -0.39 is 15.8 Å². The maximum absolute atomic E-state index is 13.8. The topological polar surface area (TPSA) is 58.2 Å². The lowest BCUT2D eigenvalue weighted by Crippen LogP contribution is -2.26. The number of hydrogen-bond acceptors (Lipinski definition) is 3. The van der Waals surface area contributed by atoms with Crippen molar-refractivity contribution < 1.29 is 12.8 Å². The number of halogens is 1. The van der Waals surface area contributed by atoms with Crippen molar-refractivity contribution in [1.29, 1.82) is 0 Å². The van der Waals surface area contributed by atoms with Crippen LogP contribution in [0.4, 0.5) is 4.39 Å². The minimum absolute atomic E-state index is 0.276. The third-order valence-corrected chi connectivity index (χ3v) is 4.55. The first-order valence-electron chi connectivity index (χ1n) is 7.38. The number of sulfonamides is 1. The molecule has 21 heavy (non-hydrogen) atoms. The zero-order valence-electron chi connectivity index (χ0n) is 12.9. The summed E-state index contributed by atoms with van der Waals surface area (Å²) in [6, 6.07) is 4.48. The van der Waals surface area contributed by atoms with Gasteiger partial charge in [0.15, 0.2) is 0 Å². The summed E-state index contributed by atoms with van der Waals surface area (Å²) in [7, 11) is -3.79. The van der Waals surface area contributed by atoms with Gasteiger partial charge in [0.2, 0.25) is 10.0 Å². The fourth-order valence-corrected chi connectivity index (χ4v) is 3.04. The number of nitrogens with one attached hydrogen (secondary N) is 2. The fourth-order valence-electron chi connectivity index (χ4n) is 1.84. The van der Waals surface area contributed by atoms with Gasteiger partial charge in [-0.2, -0.15) is 0 Å². The van der Waals surface area contributed by atoms with Crippen molar-refractivity contribution in [2.24, 2.45) is 0 Å². The number of hydrogen-bond donors (Lipinski definition) is 2. The summed E-state index contributed by atoms with van der Waals surface area (Å²) < 4.78 is 40.5. The van der Waals surface area contributed by atoms with Crippen LogP contribution in [0.3, 0.4) is 0 Å². The summed E-state index contributed by atoms with van der Waals surface area (Å²) in [5.74, 6) is -0.716. The molecule has 0 spiro atoms. The van der Waals surface area contributed by atoms with Crippen LogP contribution in [0.2, 0.25) is 0 Å². The summed E-state index contributed by atoms with van der Waals surface area (Å²) in [5, 5.41) is 3.18. The highest BCUT2D eigenvalue weighted by molar-refractivity contribution is 7.89. The van der Waals surface area contributed by atoms with Gasteiger partial charge in [-0.05, 0) is 24.1 Å². The van der Waals surface area contributed by atoms with Gasteiger partial charge in [-0.15, -0.1) is 0 Å². The fraction of sp³-hybridized carbons (Fsp3) is 0.600. The third-order valence-electron chi connectivity index (χ3n) is 3.07. The first kappa shape index (κ1) is 18.1. The van der Waals surface area contributed by atoms with Crippen LogP contribution >= 0.6 is 0 Å². The average molecular weight is 316 g/mol. The molecular formula is C15H25FN2O2S. The zero-order valence-corrected chi connectivity index (χ0v) is 13.8. The predicted molar refractivity (Wildman–Crippen MR) is 83.1 cm³/mol. The van der Waals surface area contributed by atoms with Crippen LogP contribution in [-0.4, -0.2) is 21.0 Å². The van der Waals surface area contributed by atoms with E-state index in [2.05, 4.69) is 10.0 Å². The Kier molecular flexibility index (Phi) is 7.28. The number of benzene rings is 1. The monoisotopic (exact) mass is 316 g/mol. The molecule has 0 heterocycles. The van der Waals surface area contributed by atoms with Gasteiger partial charge in [-0.1, -0.05) is 39.7 Å². The van der Waals surface area contributed by atoms with Gasteiger partial charge in [-0.25, -0.2) is 17.5 Å². The smallest absolute Gasteiger partial charge is 0.243 e. The van der Waals surface area contributed by atoms with E-state index in [1.165, 1.54) is 12.1 Å². The van der Waals surface area contributed by atoms with E-state index in [9.17, 15) is 12.8 Å². The SMILES string of the molecule is CCCCCNS(=O)(=O)c1cc(CNC(C)C)ccc1F. The lowest BCUT2D eigenvalue weighted by molar-refractivity contribution is 0.550. The maximum Gasteiger partial charge on any atom is 0.243 e. The molecule has 0 amide bonds. The van der Waals surface area contributed by atoms with Gasteiger partial charge < -0.3 is 5.32 Å². The summed E-state index contributed by atoms with van der Waals surface area (Å²) in [6.45, 7) is 6.88. The Morgan fingerprint density at radius 1 is 1.24 bits per heavy atom. The molecule has 120 valence electrons. The standard InChI is InChI=1S/C15H25FN2O2S/c1-4-5-6-9-18-21(19,20)15-10-13(7-8-14(15)16)11-17-12(2)3/h7-8,10,12,17-18H,4-6,9,11H2,1-3H3. The Hall–Kier alpha value is -0.980. The van der Waals surface area contributed by atoms with Gasteiger partial charge in [0.1, 0.15) is 10.7 Å². The van der Waals surface area contributed by atoms with E-state index in [1.807, 2.05) is 20.8 Å². The quantitative estimate of drug-likeness (QED) is 0.689. The molecule has 0 unspecified atom stereocenters. The molecule has 1 aromatic carbocycles. The van der Waals surface area contributed by atoms with E-state index in [-0.39, 0.29) is 10.9 Å². The molecule has 0 saturated heterocycles. The largest absolute Gasteiger partial charge is 0.310 e. The van der Waals surface area contributed by atoms with E-state index >= 15 is 0 Å². The Labute approximate surface area is 127 Å². The van der Waals surface area contributed by atoms with Crippen molar-refractivity contribution in [2.45, 2.75) is 57.5 Å². The lowest BCUT2D eigenvalue weighted by Gasteiger charge is -2.11. The van der Waals surface area contributed by atoms with Crippen molar-refractivity contribution in [3.8, 4) is 0 Å². The lowest BCUT2D eigenvalue weighted by atomic mass is 10.2. The Morgan fingerprint density at radius 2 is 1.95 bits per heavy atom. The van der Waals surface area contributed by atoms with E-state index in [0.717, 1.165) is 24.8 Å². The molecule has 0 atom stereocenters. The molecule has 0 aliphatic heterocycles. The summed E-state index contributed by atoms with van der Waals surface area (Å²) in [4.78, 5) is -0.276. The van der Waals surface area contributed by atoms with E-state index in [1.54, 1.807) is 6.07 Å². The van der Waals surface area contributed by atoms with Gasteiger partial charge >= 0.3 is 0 Å². The molecule has 1 aromatic rings. The Bertz CT molecular complexity index is 545. The minimum Gasteiger partial charge on any atom is -0.310 e. The summed E-state index contributed by atoms with van der Waals surface area (Å²) in [6.07, 6.45) is 2.71. The first-order chi connectivity index (χ1) is 9.86. The highest BCUT2D eigenvalue weighted by atomic mass is 32.2. The maximum atomic E-state index is 13.8. The predicted octanol–water partition coefficient (Wildman–Crippen LogP) is 2.79. The second kappa shape index (κ2) is 8.46. The molecule has 0 aliphatic carbocycles. The van der Waals surface area contributed by atoms with Gasteiger partial charge in [0.05, 0.1) is 0 Å². The highest BCUT2D eigenvalue weighted by Gasteiger charge is 2.19. The molecule has 6 heteroatoms. The Morgan fingerprint density at radius 3 is 2.57 bits per heavy atom. The van der Waals surface area contributed by atoms with Crippen LogP contribution in [-0.2, 0) is 16.6 Å². The van der Waals surface area contributed by atoms with Crippen molar-refractivity contribution >= 4 is 10.0 Å². The molecule has 0 saturated carbocycles. The van der Waals surface area contributed by atoms with E-state index in [0.29, 0.717) is 13.1 Å². The van der Waals surface area contributed by atoms with E-state index in [4.69, 9.17) is 0 Å². The first-order valence-corrected chi connectivity index (χ1v) is 8.86. The minimum atomic E-state index is -3.79. The summed E-state index contributed by atoms with van der Waals surface area (Å²) >= 11 is 0. The van der Waals surface area contributed by atoms with Crippen LogP contribution in [0.1, 0.15) is 45.6 Å². The van der Waals surface area contributed by atoms with Crippen molar-refractivity contribution in [1.82, 2.24) is 10.0 Å². The van der Waals surface area contributed by atoms with Gasteiger partial charge in [0.25, 0.3) is 0 Å². The highest BCUT2D eigenvalue weighted by Crippen LogP contribution is 2.16. The van der Waals surface area contributed by atoms with Crippen molar-refractivity contribution in [2.75, 3.05) is 6.54 Å². The molecule has 0 aromatic heterocycles. The molecule has 2 N–H and O–H groups in total. The van der Waals surface area contributed by atoms with Crippen LogP contribution in [0.15, 0.2) is 23.1 Å². The molecule has 0 radical (unpaired) electrons. The van der Waals surface area contributed by atoms with Crippen LogP contribution in [0, 0.1) is 5.82 Å². The van der Waals surface area contributed by atoms with Crippen LogP contribution < -0.4 is 10.0 Å². The van der Waals surface area contributed by atoms with Gasteiger partial charge in [0, 0.05) is 19.1 Å². The molecule has 4 nitrogen and oxygen atoms in total. The molecular weight excluding hydrogens is 291 g/mol. The van der Waals surface area contributed by atoms with Crippen molar-refractivity contribution in [3.63, 3.8) is 0 Å². The normalized spacial score (nSPS) is 12.0. The molecule has 0 fully saturated rings. The zero-order chi connectivity index (χ0) is 15.9. The Balaban J connectivity index is 2.81. The second-order valence-corrected chi connectivity index (χ2v) is 7.14. The third kappa shape index (κ3) is 6.11. The number of rotatable bonds is 9. The average Bonchev–Trinajstić information content (AvgIpc) is 2.42. The van der Waals surface area contributed by atoms with Crippen LogP contribution in [0.5, 0.6) is 0 Å². The summed E-state index contributed by atoms with van der Waals surface area (Å²) in [5.41, 5.74) is 0.749.